The van der Waals surface area contributed by atoms with Crippen LogP contribution in [-0.4, -0.2) is 39.6 Å². The van der Waals surface area contributed by atoms with E-state index in [9.17, 15) is 10.2 Å². The van der Waals surface area contributed by atoms with E-state index in [1.165, 1.54) is 0 Å². The van der Waals surface area contributed by atoms with Crippen LogP contribution in [-0.2, 0) is 0 Å². The van der Waals surface area contributed by atoms with Crippen LogP contribution in [0.3, 0.4) is 0 Å². The number of phenolic OH excluding ortho intramolecular Hbond substituents is 1. The molecule has 3 heterocycles. The zero-order valence-corrected chi connectivity index (χ0v) is 13.8. The first-order chi connectivity index (χ1) is 12.7. The molecule has 3 aromatic heterocycles. The third-order valence-electron chi connectivity index (χ3n) is 4.65. The molecule has 130 valence electrons. The molecule has 1 fully saturated rings. The van der Waals surface area contributed by atoms with Crippen molar-refractivity contribution >= 4 is 5.52 Å². The van der Waals surface area contributed by atoms with Gasteiger partial charge in [0.15, 0.2) is 0 Å². The van der Waals surface area contributed by atoms with E-state index in [1.54, 1.807) is 53.9 Å². The highest BCUT2D eigenvalue weighted by Gasteiger charge is 2.32. The first kappa shape index (κ1) is 15.0. The Bertz CT molecular complexity index is 1080. The predicted octanol–water partition coefficient (Wildman–Crippen LogP) is 1.97. The summed E-state index contributed by atoms with van der Waals surface area (Å²) in [6.45, 7) is 0. The molecule has 1 atom stereocenters. The fraction of sp³-hybridized carbons (Fsp3) is 0.222. The first-order valence-corrected chi connectivity index (χ1v) is 8.41. The molecule has 1 unspecified atom stereocenters. The summed E-state index contributed by atoms with van der Waals surface area (Å²) in [7, 11) is 0. The van der Waals surface area contributed by atoms with Crippen molar-refractivity contribution in [3.8, 4) is 11.4 Å². The second kappa shape index (κ2) is 5.63. The van der Waals surface area contributed by atoms with E-state index in [1.807, 2.05) is 4.40 Å². The molecule has 0 saturated heterocycles. The van der Waals surface area contributed by atoms with Gasteiger partial charge in [0, 0.05) is 5.92 Å². The molecule has 8 heteroatoms. The number of aliphatic hydroxyl groups excluding tert-OH is 1. The van der Waals surface area contributed by atoms with Crippen LogP contribution >= 0.6 is 0 Å². The van der Waals surface area contributed by atoms with E-state index >= 15 is 0 Å². The maximum atomic E-state index is 11.0. The number of hydrogen-bond acceptors (Lipinski definition) is 6. The van der Waals surface area contributed by atoms with Crippen molar-refractivity contribution in [1.29, 1.82) is 0 Å². The molecule has 0 aliphatic heterocycles. The average Bonchev–Trinajstić information content (AvgIpc) is 3.18. The SMILES string of the molecule is Oc1ccc(-n2cc(C(O)c3c(C4CC4)ncc4cncn34)nn2)cc1. The van der Waals surface area contributed by atoms with Crippen molar-refractivity contribution in [3.05, 3.63) is 66.3 Å². The van der Waals surface area contributed by atoms with Gasteiger partial charge in [-0.1, -0.05) is 5.21 Å². The normalized spacial score (nSPS) is 15.4. The van der Waals surface area contributed by atoms with Crippen LogP contribution in [0.4, 0.5) is 0 Å². The smallest absolute Gasteiger partial charge is 0.142 e. The van der Waals surface area contributed by atoms with Crippen LogP contribution in [0.1, 0.15) is 41.9 Å². The zero-order chi connectivity index (χ0) is 17.7. The highest BCUT2D eigenvalue weighted by Crippen LogP contribution is 2.42. The third-order valence-corrected chi connectivity index (χ3v) is 4.65. The van der Waals surface area contributed by atoms with E-state index < -0.39 is 6.10 Å². The summed E-state index contributed by atoms with van der Waals surface area (Å²) in [6, 6.07) is 6.62. The number of hydrogen-bond donors (Lipinski definition) is 2. The molecule has 8 nitrogen and oxygen atoms in total. The Labute approximate surface area is 148 Å². The minimum Gasteiger partial charge on any atom is -0.508 e. The molecule has 0 spiro atoms. The highest BCUT2D eigenvalue weighted by molar-refractivity contribution is 5.47. The Balaban J connectivity index is 1.57. The van der Waals surface area contributed by atoms with Crippen LogP contribution in [0.15, 0.2) is 49.2 Å². The predicted molar refractivity (Wildman–Crippen MR) is 92.0 cm³/mol. The molecule has 4 aromatic rings. The molecule has 0 radical (unpaired) electrons. The highest BCUT2D eigenvalue weighted by atomic mass is 16.3. The zero-order valence-electron chi connectivity index (χ0n) is 13.8. The lowest BCUT2D eigenvalue weighted by Crippen LogP contribution is -2.11. The Kier molecular flexibility index (Phi) is 3.26. The molecule has 1 aliphatic rings. The molecular formula is C18H16N6O2. The van der Waals surface area contributed by atoms with Crippen LogP contribution in [0.25, 0.3) is 11.2 Å². The van der Waals surface area contributed by atoms with Gasteiger partial charge >= 0.3 is 0 Å². The topological polar surface area (TPSA) is 101 Å². The van der Waals surface area contributed by atoms with Crippen LogP contribution in [0, 0.1) is 0 Å². The minimum absolute atomic E-state index is 0.182. The van der Waals surface area contributed by atoms with E-state index in [0.717, 1.165) is 29.7 Å². The number of aromatic hydroxyl groups is 1. The van der Waals surface area contributed by atoms with Gasteiger partial charge in [-0.25, -0.2) is 9.67 Å². The van der Waals surface area contributed by atoms with Gasteiger partial charge in [0.2, 0.25) is 0 Å². The van der Waals surface area contributed by atoms with Crippen LogP contribution < -0.4 is 0 Å². The lowest BCUT2D eigenvalue weighted by molar-refractivity contribution is 0.206. The van der Waals surface area contributed by atoms with Crippen molar-refractivity contribution in [2.75, 3.05) is 0 Å². The van der Waals surface area contributed by atoms with Crippen molar-refractivity contribution < 1.29 is 10.2 Å². The van der Waals surface area contributed by atoms with Gasteiger partial charge in [-0.15, -0.1) is 5.10 Å². The Morgan fingerprint density at radius 2 is 1.92 bits per heavy atom. The summed E-state index contributed by atoms with van der Waals surface area (Å²) in [5.74, 6) is 0.555. The van der Waals surface area contributed by atoms with E-state index in [2.05, 4.69) is 20.3 Å². The number of rotatable bonds is 4. The maximum absolute atomic E-state index is 11.0. The number of fused-ring (bicyclic) bond motifs is 1. The summed E-state index contributed by atoms with van der Waals surface area (Å²) >= 11 is 0. The summed E-state index contributed by atoms with van der Waals surface area (Å²) < 4.78 is 3.43. The van der Waals surface area contributed by atoms with Gasteiger partial charge in [0.25, 0.3) is 0 Å². The third kappa shape index (κ3) is 2.42. The number of phenols is 1. The summed E-state index contributed by atoms with van der Waals surface area (Å²) in [4.78, 5) is 8.73. The quantitative estimate of drug-likeness (QED) is 0.585. The average molecular weight is 348 g/mol. The Morgan fingerprint density at radius 1 is 1.12 bits per heavy atom. The van der Waals surface area contributed by atoms with Crippen molar-refractivity contribution in [2.45, 2.75) is 24.9 Å². The number of aromatic nitrogens is 6. The second-order valence-corrected chi connectivity index (χ2v) is 6.50. The summed E-state index contributed by atoms with van der Waals surface area (Å²) in [5.41, 5.74) is 3.59. The van der Waals surface area contributed by atoms with Crippen LogP contribution in [0.2, 0.25) is 0 Å². The summed E-state index contributed by atoms with van der Waals surface area (Å²) in [5, 5.41) is 28.7. The standard InChI is InChI=1S/C18H16N6O2/c25-14-5-3-12(4-6-14)24-9-15(21-22-24)18(26)17-16(11-1-2-11)20-8-13-7-19-10-23(13)17/h3-11,18,25-26H,1-2H2. The monoisotopic (exact) mass is 348 g/mol. The fourth-order valence-electron chi connectivity index (χ4n) is 3.14. The van der Waals surface area contributed by atoms with E-state index in [-0.39, 0.29) is 5.75 Å². The number of aliphatic hydroxyl groups is 1. The minimum atomic E-state index is -0.957. The Morgan fingerprint density at radius 3 is 2.69 bits per heavy atom. The van der Waals surface area contributed by atoms with Gasteiger partial charge < -0.3 is 10.2 Å². The molecule has 1 aromatic carbocycles. The first-order valence-electron chi connectivity index (χ1n) is 8.41. The van der Waals surface area contributed by atoms with Gasteiger partial charge in [-0.05, 0) is 37.1 Å². The van der Waals surface area contributed by atoms with E-state index in [0.29, 0.717) is 17.3 Å². The largest absolute Gasteiger partial charge is 0.508 e. The molecule has 5 rings (SSSR count). The summed E-state index contributed by atoms with van der Waals surface area (Å²) in [6.07, 6.45) is 8.06. The van der Waals surface area contributed by atoms with Crippen LogP contribution in [0.5, 0.6) is 5.75 Å². The Hall–Kier alpha value is -3.26. The van der Waals surface area contributed by atoms with Gasteiger partial charge in [0.05, 0.1) is 47.5 Å². The fourth-order valence-corrected chi connectivity index (χ4v) is 3.14. The molecule has 0 amide bonds. The molecule has 26 heavy (non-hydrogen) atoms. The molecule has 2 N–H and O–H groups in total. The lowest BCUT2D eigenvalue weighted by Gasteiger charge is -2.15. The number of imidazole rings is 1. The molecular weight excluding hydrogens is 332 g/mol. The number of benzene rings is 1. The van der Waals surface area contributed by atoms with Crippen molar-refractivity contribution in [2.24, 2.45) is 0 Å². The molecule has 1 aliphatic carbocycles. The lowest BCUT2D eigenvalue weighted by atomic mass is 10.1. The van der Waals surface area contributed by atoms with Gasteiger partial charge in [-0.2, -0.15) is 0 Å². The maximum Gasteiger partial charge on any atom is 0.142 e. The van der Waals surface area contributed by atoms with Gasteiger partial charge in [-0.3, -0.25) is 9.38 Å². The number of nitrogens with zero attached hydrogens (tertiary/aromatic N) is 6. The van der Waals surface area contributed by atoms with Crippen molar-refractivity contribution in [3.63, 3.8) is 0 Å². The van der Waals surface area contributed by atoms with Crippen molar-refractivity contribution in [1.82, 2.24) is 29.4 Å². The molecule has 0 bridgehead atoms. The van der Waals surface area contributed by atoms with Gasteiger partial charge in [0.1, 0.15) is 17.5 Å². The second-order valence-electron chi connectivity index (χ2n) is 6.50. The van der Waals surface area contributed by atoms with E-state index in [4.69, 9.17) is 0 Å². The molecule has 1 saturated carbocycles.